The monoisotopic (exact) mass is 752 g/mol. The third-order valence-corrected chi connectivity index (χ3v) is 8.20. The van der Waals surface area contributed by atoms with Crippen LogP contribution in [-0.4, -0.2) is 104 Å². The second-order valence-corrected chi connectivity index (χ2v) is 12.6. The number of hydrogen-bond donors (Lipinski definition) is 8. The number of hydrogen-bond acceptors (Lipinski definition) is 9. The summed E-state index contributed by atoms with van der Waals surface area (Å²) in [7, 11) is 0. The fourth-order valence-electron chi connectivity index (χ4n) is 5.32. The van der Waals surface area contributed by atoms with Gasteiger partial charge in [-0.1, -0.05) is 60.8 Å². The van der Waals surface area contributed by atoms with E-state index >= 15 is 0 Å². The van der Waals surface area contributed by atoms with Crippen LogP contribution in [0.25, 0.3) is 9.91 Å². The second-order valence-electron chi connectivity index (χ2n) is 12.6. The number of carbonyl (C=O) groups excluding carboxylic acids is 4. The molecule has 0 saturated heterocycles. The van der Waals surface area contributed by atoms with Gasteiger partial charge in [0.1, 0.15) is 6.29 Å². The van der Waals surface area contributed by atoms with Crippen LogP contribution in [0, 0.1) is 13.1 Å². The van der Waals surface area contributed by atoms with Crippen molar-refractivity contribution < 1.29 is 19.2 Å². The molecule has 3 amide bonds. The number of benzene rings is 1. The number of carbonyl (C=O) groups is 4. The third kappa shape index (κ3) is 22.6. The average Bonchev–Trinajstić information content (AvgIpc) is 3.15. The lowest BCUT2D eigenvalue weighted by atomic mass is 10.1. The fraction of sp³-hybridized carbons (Fsp3) is 0.611. The lowest BCUT2D eigenvalue weighted by molar-refractivity contribution is -0.134. The minimum Gasteiger partial charge on any atom is -0.365 e. The highest BCUT2D eigenvalue weighted by Crippen LogP contribution is 2.13. The number of guanidine groups is 2. The highest BCUT2D eigenvalue weighted by atomic mass is 16.2. The van der Waals surface area contributed by atoms with E-state index in [9.17, 15) is 19.2 Å². The van der Waals surface area contributed by atoms with Crippen molar-refractivity contribution in [2.24, 2.45) is 32.9 Å². The minimum atomic E-state index is -0.607. The molecule has 0 aromatic heterocycles. The van der Waals surface area contributed by atoms with Crippen LogP contribution >= 0.6 is 0 Å². The lowest BCUT2D eigenvalue weighted by Crippen LogP contribution is -2.41. The van der Waals surface area contributed by atoms with E-state index < -0.39 is 6.04 Å². The van der Waals surface area contributed by atoms with E-state index in [4.69, 9.17) is 36.1 Å². The van der Waals surface area contributed by atoms with Crippen LogP contribution in [0.1, 0.15) is 81.8 Å². The van der Waals surface area contributed by atoms with E-state index in [-0.39, 0.29) is 62.0 Å². The number of amides is 3. The molecule has 54 heavy (non-hydrogen) atoms. The number of nitrogens with zero attached hydrogens (tertiary/aromatic N) is 6. The molecule has 1 aromatic rings. The average molecular weight is 753 g/mol. The molecule has 1 rings (SSSR count). The second kappa shape index (κ2) is 30.2. The van der Waals surface area contributed by atoms with E-state index in [2.05, 4.69) is 41.4 Å². The van der Waals surface area contributed by atoms with E-state index in [0.29, 0.717) is 52.4 Å². The molecule has 0 aliphatic heterocycles. The van der Waals surface area contributed by atoms with Gasteiger partial charge in [-0.2, -0.15) is 23.1 Å². The molecule has 1 aromatic carbocycles. The van der Waals surface area contributed by atoms with E-state index in [1.54, 1.807) is 9.80 Å². The Labute approximate surface area is 319 Å². The largest absolute Gasteiger partial charge is 0.365 e. The molecule has 0 saturated carbocycles. The summed E-state index contributed by atoms with van der Waals surface area (Å²) in [5.74, 6) is -0.296. The standard InChI is InChI=1S/C36H60N14O4/c1-41-47-35(39)45-21-9-5-3-7-19-43-31(28-51)25-34(54)50(24-18-38)27-30-13-11-29(12-14-30)26-49(23-17-37)33(53)16-15-32(52)44-20-8-4-6-10-22-46-36(40)48-42-2/h11-14,28,31,43H,3-10,15-27,37-38H2,(H,44,52)(H3,39,45,47)(H3,40,46,48). The molecule has 0 radical (unpaired) electrons. The van der Waals surface area contributed by atoms with Crippen LogP contribution in [0.3, 0.4) is 0 Å². The summed E-state index contributed by atoms with van der Waals surface area (Å²) in [4.78, 5) is 67.5. The van der Waals surface area contributed by atoms with Crippen LogP contribution < -0.4 is 44.4 Å². The van der Waals surface area contributed by atoms with Crippen molar-refractivity contribution in [1.82, 2.24) is 31.3 Å². The van der Waals surface area contributed by atoms with Crippen LogP contribution in [-0.2, 0) is 32.3 Å². The zero-order chi connectivity index (χ0) is 39.8. The topological polar surface area (TPSA) is 260 Å². The fourth-order valence-corrected chi connectivity index (χ4v) is 5.32. The van der Waals surface area contributed by atoms with E-state index in [1.807, 2.05) is 24.3 Å². The minimum absolute atomic E-state index is 0.0224. The summed E-state index contributed by atoms with van der Waals surface area (Å²) in [6.45, 7) is 17.4. The summed E-state index contributed by atoms with van der Waals surface area (Å²) in [6, 6.07) is 6.99. The first kappa shape index (κ1) is 46.7. The van der Waals surface area contributed by atoms with E-state index in [1.165, 1.54) is 0 Å². The predicted octanol–water partition coefficient (Wildman–Crippen LogP) is 0.303. The number of aldehydes is 1. The van der Waals surface area contributed by atoms with Crippen molar-refractivity contribution in [3.05, 3.63) is 58.4 Å². The number of nitrogens with two attached hydrogens (primary N) is 4. The van der Waals surface area contributed by atoms with Crippen molar-refractivity contribution >= 4 is 35.9 Å². The van der Waals surface area contributed by atoms with Crippen molar-refractivity contribution in [3.8, 4) is 0 Å². The zero-order valence-electron chi connectivity index (χ0n) is 31.4. The first-order valence-electron chi connectivity index (χ1n) is 18.5. The molecule has 0 spiro atoms. The summed E-state index contributed by atoms with van der Waals surface area (Å²) < 4.78 is 0. The Morgan fingerprint density at radius 1 is 0.722 bits per heavy atom. The maximum absolute atomic E-state index is 13.2. The van der Waals surface area contributed by atoms with Gasteiger partial charge in [0.2, 0.25) is 17.7 Å². The molecule has 298 valence electrons. The number of unbranched alkanes of at least 4 members (excludes halogenated alkanes) is 6. The summed E-state index contributed by atoms with van der Waals surface area (Å²) >= 11 is 0. The molecule has 0 heterocycles. The Kier molecular flexibility index (Phi) is 26.1. The number of aliphatic imine (C=N–C) groups is 2. The first-order valence-corrected chi connectivity index (χ1v) is 18.5. The highest BCUT2D eigenvalue weighted by molar-refractivity contribution is 5.84. The molecule has 18 nitrogen and oxygen atoms in total. The zero-order valence-corrected chi connectivity index (χ0v) is 31.4. The molecule has 1 unspecified atom stereocenters. The lowest BCUT2D eigenvalue weighted by Gasteiger charge is -2.25. The van der Waals surface area contributed by atoms with Gasteiger partial charge in [-0.05, 0) is 43.4 Å². The Morgan fingerprint density at radius 3 is 1.69 bits per heavy atom. The number of nitrogens with one attached hydrogen (secondary N) is 4. The maximum Gasteiger partial charge on any atom is 0.259 e. The molecule has 0 aliphatic carbocycles. The molecule has 0 aliphatic rings. The Balaban J connectivity index is 2.49. The van der Waals surface area contributed by atoms with Crippen molar-refractivity contribution in [2.45, 2.75) is 89.8 Å². The number of rotatable bonds is 29. The SMILES string of the molecule is [C-]#[N+]NC(N)=NCCCCCCNC(=O)CCC(=O)N(CCN)Cc1ccc(CN(CCN)C(=O)CC(C=O)NCCCCCCN=C(N)N[N+]#[C-])cc1. The molecule has 12 N–H and O–H groups in total. The quantitative estimate of drug-likeness (QED) is 0.0138. The van der Waals surface area contributed by atoms with Gasteiger partial charge in [-0.15, -0.1) is 0 Å². The van der Waals surface area contributed by atoms with Gasteiger partial charge in [-0.3, -0.25) is 14.4 Å². The molecule has 1 atom stereocenters. The maximum atomic E-state index is 13.2. The van der Waals surface area contributed by atoms with Crippen molar-refractivity contribution in [3.63, 3.8) is 0 Å². The normalized spacial score (nSPS) is 11.9. The predicted molar refractivity (Wildman–Crippen MR) is 209 cm³/mol. The van der Waals surface area contributed by atoms with Crippen LogP contribution in [0.5, 0.6) is 0 Å². The van der Waals surface area contributed by atoms with Crippen LogP contribution in [0.15, 0.2) is 34.3 Å². The van der Waals surface area contributed by atoms with Gasteiger partial charge < -0.3 is 48.2 Å². The first-order chi connectivity index (χ1) is 26.2. The van der Waals surface area contributed by atoms with Gasteiger partial charge in [0, 0.05) is 78.2 Å². The van der Waals surface area contributed by atoms with Crippen molar-refractivity contribution in [2.75, 3.05) is 52.4 Å². The van der Waals surface area contributed by atoms with Crippen LogP contribution in [0.2, 0.25) is 0 Å². The highest BCUT2D eigenvalue weighted by Gasteiger charge is 2.19. The molecule has 0 bridgehead atoms. The molecular weight excluding hydrogens is 692 g/mol. The van der Waals surface area contributed by atoms with Gasteiger partial charge in [0.15, 0.2) is 0 Å². The molecule has 18 heteroatoms. The Bertz CT molecular complexity index is 1390. The van der Waals surface area contributed by atoms with Crippen LogP contribution in [0.4, 0.5) is 0 Å². The van der Waals surface area contributed by atoms with Gasteiger partial charge in [0.05, 0.1) is 6.04 Å². The summed E-state index contributed by atoms with van der Waals surface area (Å²) in [6.07, 6.45) is 7.93. The van der Waals surface area contributed by atoms with E-state index in [0.717, 1.165) is 68.8 Å². The Morgan fingerprint density at radius 2 is 1.20 bits per heavy atom. The molecular formula is C36H60N14O4. The smallest absolute Gasteiger partial charge is 0.259 e. The third-order valence-electron chi connectivity index (χ3n) is 8.20. The van der Waals surface area contributed by atoms with Gasteiger partial charge in [0.25, 0.3) is 11.9 Å². The van der Waals surface area contributed by atoms with Gasteiger partial charge >= 0.3 is 0 Å². The summed E-state index contributed by atoms with van der Waals surface area (Å²) in [5.41, 5.74) is 28.9. The molecule has 0 fully saturated rings. The Hall–Kier alpha value is -5.30. The van der Waals surface area contributed by atoms with Gasteiger partial charge in [-0.25, -0.2) is 9.98 Å². The summed E-state index contributed by atoms with van der Waals surface area (Å²) in [5, 5.41) is 6.02. The van der Waals surface area contributed by atoms with Crippen molar-refractivity contribution in [1.29, 1.82) is 0 Å².